The lowest BCUT2D eigenvalue weighted by molar-refractivity contribution is 0.177. The van der Waals surface area contributed by atoms with Gasteiger partial charge in [-0.3, -0.25) is 4.98 Å². The topological polar surface area (TPSA) is 101 Å². The first kappa shape index (κ1) is 24.2. The van der Waals surface area contributed by atoms with Crippen molar-refractivity contribution in [2.75, 3.05) is 18.8 Å². The number of hydrogen-bond donors (Lipinski definition) is 2. The predicted molar refractivity (Wildman–Crippen MR) is 146 cm³/mol. The van der Waals surface area contributed by atoms with Crippen LogP contribution in [0.5, 0.6) is 0 Å². The number of nitrogens with one attached hydrogen (secondary N) is 1. The molecule has 1 atom stereocenters. The van der Waals surface area contributed by atoms with Gasteiger partial charge in [-0.1, -0.05) is 43.3 Å². The molecule has 1 aliphatic rings. The number of aromatic nitrogens is 4. The summed E-state index contributed by atoms with van der Waals surface area (Å²) in [6, 6.07) is 14.3. The van der Waals surface area contributed by atoms with E-state index in [2.05, 4.69) is 38.3 Å². The molecule has 0 bridgehead atoms. The molecule has 2 amide bonds. The minimum atomic E-state index is 0.00863. The number of urea groups is 1. The van der Waals surface area contributed by atoms with Crippen molar-refractivity contribution >= 4 is 33.4 Å². The first-order valence-corrected chi connectivity index (χ1v) is 13.2. The number of nitrogen functional groups attached to an aromatic ring is 1. The summed E-state index contributed by atoms with van der Waals surface area (Å²) >= 11 is 3.67. The number of likely N-dealkylation sites (tertiary alicyclic amines) is 1. The molecule has 0 aliphatic carbocycles. The molecule has 1 aliphatic heterocycles. The van der Waals surface area contributed by atoms with Crippen LogP contribution in [0, 0.1) is 0 Å². The van der Waals surface area contributed by atoms with Gasteiger partial charge in [0.2, 0.25) is 0 Å². The van der Waals surface area contributed by atoms with Crippen molar-refractivity contribution < 1.29 is 4.79 Å². The maximum absolute atomic E-state index is 12.5. The Morgan fingerprint density at radius 2 is 1.89 bits per heavy atom. The molecule has 4 aromatic rings. The van der Waals surface area contributed by atoms with E-state index in [1.165, 1.54) is 0 Å². The highest BCUT2D eigenvalue weighted by molar-refractivity contribution is 9.10. The molecule has 3 N–H and O–H groups in total. The van der Waals surface area contributed by atoms with Gasteiger partial charge in [0.05, 0.1) is 22.1 Å². The Kier molecular flexibility index (Phi) is 6.91. The van der Waals surface area contributed by atoms with Gasteiger partial charge in [0, 0.05) is 47.9 Å². The number of benzene rings is 1. The number of anilines is 1. The summed E-state index contributed by atoms with van der Waals surface area (Å²) in [5.41, 5.74) is 11.9. The number of nitrogens with two attached hydrogens (primary N) is 1. The van der Waals surface area contributed by atoms with E-state index in [0.717, 1.165) is 51.8 Å². The summed E-state index contributed by atoms with van der Waals surface area (Å²) in [5.74, 6) is 0.715. The van der Waals surface area contributed by atoms with Gasteiger partial charge in [-0.15, -0.1) is 0 Å². The zero-order valence-corrected chi connectivity index (χ0v) is 22.1. The molecule has 36 heavy (non-hydrogen) atoms. The summed E-state index contributed by atoms with van der Waals surface area (Å²) in [6.45, 7) is 5.46. The zero-order chi connectivity index (χ0) is 25.2. The lowest BCUT2D eigenvalue weighted by Crippen LogP contribution is -2.46. The van der Waals surface area contributed by atoms with Gasteiger partial charge in [-0.05, 0) is 48.2 Å². The standard InChI is InChI=1S/C27H30BrN7O/c1-3-17(2)32-27(36)34-13-11-19(12-14-34)24-23(28)25(29)35-26(33-24)21(16-31-35)20-9-10-22(30-15-20)18-7-5-4-6-8-18/h4-10,15-17,19H,3,11-14,29H2,1-2H3,(H,32,36). The van der Waals surface area contributed by atoms with Crippen molar-refractivity contribution in [1.29, 1.82) is 0 Å². The molecule has 5 rings (SSSR count). The van der Waals surface area contributed by atoms with Crippen molar-refractivity contribution in [2.24, 2.45) is 0 Å². The molecule has 1 aromatic carbocycles. The minimum absolute atomic E-state index is 0.00863. The van der Waals surface area contributed by atoms with E-state index in [1.54, 1.807) is 10.7 Å². The zero-order valence-electron chi connectivity index (χ0n) is 20.5. The molecular formula is C27H30BrN7O. The van der Waals surface area contributed by atoms with E-state index in [0.29, 0.717) is 24.6 Å². The first-order valence-electron chi connectivity index (χ1n) is 12.4. The van der Waals surface area contributed by atoms with E-state index in [9.17, 15) is 4.79 Å². The molecular weight excluding hydrogens is 518 g/mol. The van der Waals surface area contributed by atoms with E-state index in [1.807, 2.05) is 60.5 Å². The molecule has 186 valence electrons. The Labute approximate surface area is 219 Å². The Balaban J connectivity index is 1.40. The number of hydrogen-bond acceptors (Lipinski definition) is 5. The Morgan fingerprint density at radius 3 is 2.56 bits per heavy atom. The molecule has 0 saturated carbocycles. The third-order valence-electron chi connectivity index (χ3n) is 6.94. The predicted octanol–water partition coefficient (Wildman–Crippen LogP) is 5.49. The average molecular weight is 548 g/mol. The summed E-state index contributed by atoms with van der Waals surface area (Å²) in [4.78, 5) is 24.1. The molecule has 0 spiro atoms. The normalized spacial score (nSPS) is 15.2. The highest BCUT2D eigenvalue weighted by Crippen LogP contribution is 2.37. The van der Waals surface area contributed by atoms with Gasteiger partial charge in [-0.25, -0.2) is 9.78 Å². The molecule has 1 fully saturated rings. The summed E-state index contributed by atoms with van der Waals surface area (Å²) in [6.07, 6.45) is 6.21. The fourth-order valence-electron chi connectivity index (χ4n) is 4.58. The molecule has 0 radical (unpaired) electrons. The van der Waals surface area contributed by atoms with Crippen LogP contribution in [0.1, 0.15) is 44.7 Å². The van der Waals surface area contributed by atoms with Gasteiger partial charge in [0.25, 0.3) is 0 Å². The van der Waals surface area contributed by atoms with Crippen molar-refractivity contribution in [1.82, 2.24) is 29.8 Å². The Hall–Kier alpha value is -3.46. The van der Waals surface area contributed by atoms with Crippen LogP contribution in [0.3, 0.4) is 0 Å². The second-order valence-electron chi connectivity index (χ2n) is 9.31. The van der Waals surface area contributed by atoms with Crippen molar-refractivity contribution in [3.05, 3.63) is 65.0 Å². The van der Waals surface area contributed by atoms with Gasteiger partial charge in [0.15, 0.2) is 5.65 Å². The van der Waals surface area contributed by atoms with Crippen LogP contribution in [0.4, 0.5) is 10.6 Å². The first-order chi connectivity index (χ1) is 17.5. The lowest BCUT2D eigenvalue weighted by atomic mass is 9.93. The highest BCUT2D eigenvalue weighted by atomic mass is 79.9. The fraction of sp³-hybridized carbons (Fsp3) is 0.333. The Morgan fingerprint density at radius 1 is 1.14 bits per heavy atom. The smallest absolute Gasteiger partial charge is 0.317 e. The minimum Gasteiger partial charge on any atom is -0.383 e. The third kappa shape index (κ3) is 4.67. The van der Waals surface area contributed by atoms with Crippen LogP contribution in [0.15, 0.2) is 59.3 Å². The number of carbonyl (C=O) groups is 1. The third-order valence-corrected chi connectivity index (χ3v) is 7.76. The van der Waals surface area contributed by atoms with Gasteiger partial charge >= 0.3 is 6.03 Å². The van der Waals surface area contributed by atoms with E-state index >= 15 is 0 Å². The van der Waals surface area contributed by atoms with Crippen LogP contribution in [-0.2, 0) is 0 Å². The lowest BCUT2D eigenvalue weighted by Gasteiger charge is -2.33. The quantitative estimate of drug-likeness (QED) is 0.344. The maximum Gasteiger partial charge on any atom is 0.317 e. The van der Waals surface area contributed by atoms with Crippen molar-refractivity contribution in [3.8, 4) is 22.4 Å². The number of carbonyl (C=O) groups excluding carboxylic acids is 1. The van der Waals surface area contributed by atoms with Crippen LogP contribution in [0.2, 0.25) is 0 Å². The van der Waals surface area contributed by atoms with Crippen LogP contribution < -0.4 is 11.1 Å². The SMILES string of the molecule is CCC(C)NC(=O)N1CCC(c2nc3c(-c4ccc(-c5ccccc5)nc4)cnn3c(N)c2Br)CC1. The maximum atomic E-state index is 12.5. The van der Waals surface area contributed by atoms with Gasteiger partial charge in [0.1, 0.15) is 5.82 Å². The van der Waals surface area contributed by atoms with Crippen molar-refractivity contribution in [3.63, 3.8) is 0 Å². The number of piperidine rings is 1. The van der Waals surface area contributed by atoms with E-state index in [4.69, 9.17) is 10.7 Å². The fourth-order valence-corrected chi connectivity index (χ4v) is 5.16. The second kappa shape index (κ2) is 10.3. The number of fused-ring (bicyclic) bond motifs is 1. The summed E-state index contributed by atoms with van der Waals surface area (Å²) < 4.78 is 2.44. The second-order valence-corrected chi connectivity index (χ2v) is 10.1. The molecule has 8 nitrogen and oxygen atoms in total. The van der Waals surface area contributed by atoms with Gasteiger partial charge < -0.3 is 16.0 Å². The number of nitrogens with zero attached hydrogens (tertiary/aromatic N) is 5. The van der Waals surface area contributed by atoms with E-state index < -0.39 is 0 Å². The summed E-state index contributed by atoms with van der Waals surface area (Å²) in [7, 11) is 0. The highest BCUT2D eigenvalue weighted by Gasteiger charge is 2.28. The van der Waals surface area contributed by atoms with Crippen molar-refractivity contribution in [2.45, 2.75) is 45.1 Å². The molecule has 3 aromatic heterocycles. The van der Waals surface area contributed by atoms with Gasteiger partial charge in [-0.2, -0.15) is 9.61 Å². The van der Waals surface area contributed by atoms with Crippen LogP contribution in [0.25, 0.3) is 28.0 Å². The van der Waals surface area contributed by atoms with E-state index in [-0.39, 0.29) is 18.0 Å². The molecule has 4 heterocycles. The molecule has 9 heteroatoms. The average Bonchev–Trinajstić information content (AvgIpc) is 3.35. The van der Waals surface area contributed by atoms with Crippen LogP contribution in [-0.4, -0.2) is 49.6 Å². The monoisotopic (exact) mass is 547 g/mol. The largest absolute Gasteiger partial charge is 0.383 e. The molecule has 1 saturated heterocycles. The number of rotatable bonds is 5. The van der Waals surface area contributed by atoms with Crippen LogP contribution >= 0.6 is 15.9 Å². The summed E-state index contributed by atoms with van der Waals surface area (Å²) in [5, 5.41) is 7.56. The Bertz CT molecular complexity index is 1360. The molecule has 1 unspecified atom stereocenters. The number of amides is 2. The number of halogens is 1. The number of pyridine rings is 1.